The molecule has 30 heavy (non-hydrogen) atoms. The fourth-order valence-electron chi connectivity index (χ4n) is 3.08. The topological polar surface area (TPSA) is 114 Å². The molecule has 4 rings (SSSR count). The van der Waals surface area contributed by atoms with Crippen molar-refractivity contribution < 1.29 is 18.7 Å². The minimum absolute atomic E-state index is 0.223. The summed E-state index contributed by atoms with van der Waals surface area (Å²) >= 11 is 0. The number of primary amides is 1. The zero-order chi connectivity index (χ0) is 21.8. The number of oxazole rings is 1. The van der Waals surface area contributed by atoms with Crippen molar-refractivity contribution in [1.29, 1.82) is 0 Å². The van der Waals surface area contributed by atoms with Crippen LogP contribution in [0.2, 0.25) is 0 Å². The van der Waals surface area contributed by atoms with Crippen LogP contribution in [0.1, 0.15) is 56.3 Å². The number of nitrogens with two attached hydrogens (primary N) is 2. The molecule has 0 radical (unpaired) electrons. The van der Waals surface area contributed by atoms with Gasteiger partial charge in [-0.2, -0.15) is 4.98 Å². The summed E-state index contributed by atoms with van der Waals surface area (Å²) in [6, 6.07) is 12.9. The van der Waals surface area contributed by atoms with Gasteiger partial charge in [-0.05, 0) is 38.1 Å². The number of benzene rings is 2. The van der Waals surface area contributed by atoms with Crippen LogP contribution >= 0.6 is 0 Å². The van der Waals surface area contributed by atoms with Crippen LogP contribution in [0.4, 0.5) is 6.01 Å². The summed E-state index contributed by atoms with van der Waals surface area (Å²) in [6.45, 7) is 4.65. The molecule has 0 saturated heterocycles. The number of hydrogen-bond acceptors (Lipinski definition) is 6. The number of fused-ring (bicyclic) bond motifs is 1. The number of rotatable bonds is 5. The lowest BCUT2D eigenvalue weighted by molar-refractivity contribution is 0.0992. The zero-order valence-electron chi connectivity index (χ0n) is 17.7. The van der Waals surface area contributed by atoms with E-state index in [-0.39, 0.29) is 6.01 Å². The average molecular weight is 414 g/mol. The van der Waals surface area contributed by atoms with Crippen molar-refractivity contribution in [3.05, 3.63) is 48.0 Å². The van der Waals surface area contributed by atoms with Gasteiger partial charge in [0.25, 0.3) is 11.9 Å². The van der Waals surface area contributed by atoms with Crippen molar-refractivity contribution in [3.8, 4) is 11.5 Å². The molecule has 0 aliphatic heterocycles. The third kappa shape index (κ3) is 6.99. The van der Waals surface area contributed by atoms with Gasteiger partial charge in [0.15, 0.2) is 5.58 Å². The number of para-hydroxylation sites is 2. The van der Waals surface area contributed by atoms with Gasteiger partial charge in [-0.25, -0.2) is 0 Å². The van der Waals surface area contributed by atoms with Crippen molar-refractivity contribution in [2.45, 2.75) is 46.0 Å². The molecule has 162 valence electrons. The summed E-state index contributed by atoms with van der Waals surface area (Å²) < 4.78 is 15.6. The second-order valence-electron chi connectivity index (χ2n) is 6.65. The Bertz CT molecular complexity index is 855. The Hall–Kier alpha value is -3.22. The largest absolute Gasteiger partial charge is 0.493 e. The molecule has 1 aliphatic rings. The third-order valence-corrected chi connectivity index (χ3v) is 4.39. The Kier molecular flexibility index (Phi) is 9.51. The Balaban J connectivity index is 0.000000181. The van der Waals surface area contributed by atoms with E-state index in [4.69, 9.17) is 25.4 Å². The summed E-state index contributed by atoms with van der Waals surface area (Å²) in [7, 11) is 0. The Morgan fingerprint density at radius 1 is 0.933 bits per heavy atom. The van der Waals surface area contributed by atoms with Gasteiger partial charge in [-0.15, -0.1) is 0 Å². The van der Waals surface area contributed by atoms with Crippen LogP contribution in [0.5, 0.6) is 11.5 Å². The van der Waals surface area contributed by atoms with E-state index in [1.54, 1.807) is 18.2 Å². The van der Waals surface area contributed by atoms with Crippen LogP contribution in [0, 0.1) is 0 Å². The number of aromatic nitrogens is 1. The lowest BCUT2D eigenvalue weighted by Gasteiger charge is -2.12. The molecule has 0 bridgehead atoms. The number of carbonyl (C=O) groups excluding carboxylic acids is 1. The Morgan fingerprint density at radius 2 is 1.47 bits per heavy atom. The first-order valence-corrected chi connectivity index (χ1v) is 10.4. The van der Waals surface area contributed by atoms with Gasteiger partial charge in [-0.3, -0.25) is 4.79 Å². The van der Waals surface area contributed by atoms with Gasteiger partial charge in [0.05, 0.1) is 13.2 Å². The zero-order valence-corrected chi connectivity index (χ0v) is 17.7. The van der Waals surface area contributed by atoms with Crippen LogP contribution in [0.3, 0.4) is 0 Å². The van der Waals surface area contributed by atoms with E-state index < -0.39 is 5.91 Å². The minimum atomic E-state index is -0.539. The molecule has 1 aliphatic carbocycles. The normalized spacial score (nSPS) is 12.3. The third-order valence-electron chi connectivity index (χ3n) is 4.39. The first-order valence-electron chi connectivity index (χ1n) is 10.4. The van der Waals surface area contributed by atoms with Gasteiger partial charge < -0.3 is 25.4 Å². The number of amides is 1. The lowest BCUT2D eigenvalue weighted by Crippen LogP contribution is -2.15. The molecule has 7 nitrogen and oxygen atoms in total. The molecule has 1 heterocycles. The Morgan fingerprint density at radius 3 is 1.93 bits per heavy atom. The highest BCUT2D eigenvalue weighted by Crippen LogP contribution is 2.28. The second-order valence-corrected chi connectivity index (χ2v) is 6.65. The molecule has 1 amide bonds. The maximum atomic E-state index is 11.3. The standard InChI is InChI=1S/C11H15NO3.C7H6N2O.C5H10/c1-3-14-8-6-5-7-9(15-4-2)10(8)11(12)13;8-7-9-5-3-1-2-4-6(5)10-7;1-2-4-5-3-1/h5-7H,3-4H2,1-2H3,(H2,12,13);1-4H,(H2,8,9);1-5H2. The van der Waals surface area contributed by atoms with Gasteiger partial charge >= 0.3 is 0 Å². The van der Waals surface area contributed by atoms with Crippen molar-refractivity contribution in [2.75, 3.05) is 18.9 Å². The van der Waals surface area contributed by atoms with Crippen LogP contribution < -0.4 is 20.9 Å². The SMILES string of the molecule is C1CCCC1.CCOc1cccc(OCC)c1C(N)=O.Nc1nc2ccccc2o1. The van der Waals surface area contributed by atoms with Gasteiger partial charge in [0, 0.05) is 0 Å². The molecule has 0 atom stereocenters. The number of nitrogens with zero attached hydrogens (tertiary/aromatic N) is 1. The number of anilines is 1. The van der Waals surface area contributed by atoms with E-state index in [9.17, 15) is 4.79 Å². The van der Waals surface area contributed by atoms with E-state index in [0.29, 0.717) is 30.3 Å². The van der Waals surface area contributed by atoms with Gasteiger partial charge in [-0.1, -0.05) is 50.3 Å². The van der Waals surface area contributed by atoms with E-state index in [2.05, 4.69) is 4.98 Å². The highest BCUT2D eigenvalue weighted by Gasteiger charge is 2.15. The summed E-state index contributed by atoms with van der Waals surface area (Å²) in [4.78, 5) is 15.2. The maximum Gasteiger partial charge on any atom is 0.292 e. The molecule has 0 unspecified atom stereocenters. The smallest absolute Gasteiger partial charge is 0.292 e. The van der Waals surface area contributed by atoms with Gasteiger partial charge in [0.2, 0.25) is 0 Å². The minimum Gasteiger partial charge on any atom is -0.493 e. The molecule has 7 heteroatoms. The summed E-state index contributed by atoms with van der Waals surface area (Å²) in [6.07, 6.45) is 7.50. The van der Waals surface area contributed by atoms with E-state index >= 15 is 0 Å². The highest BCUT2D eigenvalue weighted by atomic mass is 16.5. The lowest BCUT2D eigenvalue weighted by atomic mass is 10.1. The first kappa shape index (κ1) is 23.1. The van der Waals surface area contributed by atoms with E-state index in [1.165, 1.54) is 32.1 Å². The van der Waals surface area contributed by atoms with Crippen LogP contribution in [0.25, 0.3) is 11.1 Å². The van der Waals surface area contributed by atoms with Crippen molar-refractivity contribution in [2.24, 2.45) is 5.73 Å². The second kappa shape index (κ2) is 12.4. The molecule has 1 fully saturated rings. The quantitative estimate of drug-likeness (QED) is 0.612. The van der Waals surface area contributed by atoms with Crippen LogP contribution in [0.15, 0.2) is 46.9 Å². The number of carbonyl (C=O) groups is 1. The predicted molar refractivity (Wildman–Crippen MR) is 119 cm³/mol. The molecular weight excluding hydrogens is 382 g/mol. The number of nitrogen functional groups attached to an aromatic ring is 1. The molecule has 4 N–H and O–H groups in total. The van der Waals surface area contributed by atoms with Crippen molar-refractivity contribution in [3.63, 3.8) is 0 Å². The molecule has 0 spiro atoms. The summed E-state index contributed by atoms with van der Waals surface area (Å²) in [5, 5.41) is 0. The number of ether oxygens (including phenoxy) is 2. The van der Waals surface area contributed by atoms with Crippen LogP contribution in [-0.4, -0.2) is 24.1 Å². The summed E-state index contributed by atoms with van der Waals surface area (Å²) in [5.41, 5.74) is 12.4. The fraction of sp³-hybridized carbons (Fsp3) is 0.391. The van der Waals surface area contributed by atoms with Crippen molar-refractivity contribution >= 4 is 23.0 Å². The van der Waals surface area contributed by atoms with Crippen molar-refractivity contribution in [1.82, 2.24) is 4.98 Å². The average Bonchev–Trinajstić information content (AvgIpc) is 3.41. The maximum absolute atomic E-state index is 11.3. The fourth-order valence-corrected chi connectivity index (χ4v) is 3.08. The monoisotopic (exact) mass is 413 g/mol. The molecule has 3 aromatic rings. The predicted octanol–water partition coefficient (Wildman–Crippen LogP) is 4.94. The highest BCUT2D eigenvalue weighted by molar-refractivity contribution is 5.98. The Labute approximate surface area is 177 Å². The molecule has 1 saturated carbocycles. The van der Waals surface area contributed by atoms with Gasteiger partial charge in [0.1, 0.15) is 22.6 Å². The van der Waals surface area contributed by atoms with E-state index in [1.807, 2.05) is 38.1 Å². The molecule has 2 aromatic carbocycles. The number of hydrogen-bond donors (Lipinski definition) is 2. The molecule has 1 aromatic heterocycles. The van der Waals surface area contributed by atoms with E-state index in [0.717, 1.165) is 11.1 Å². The molecular formula is C23H31N3O4. The van der Waals surface area contributed by atoms with Crippen LogP contribution in [-0.2, 0) is 0 Å². The summed E-state index contributed by atoms with van der Waals surface area (Å²) in [5.74, 6) is 0.398. The first-order chi connectivity index (χ1) is 14.6.